The fraction of sp³-hybridized carbons (Fsp3) is 0.483. The van der Waals surface area contributed by atoms with Crippen LogP contribution in [0.25, 0.3) is 22.0 Å². The van der Waals surface area contributed by atoms with Crippen molar-refractivity contribution in [1.29, 1.82) is 0 Å². The number of halogens is 3. The number of likely N-dealkylation sites (tertiary alicyclic amines) is 1. The van der Waals surface area contributed by atoms with Crippen molar-refractivity contribution in [2.75, 3.05) is 63.2 Å². The van der Waals surface area contributed by atoms with Crippen LogP contribution in [0.15, 0.2) is 24.3 Å². The van der Waals surface area contributed by atoms with E-state index < -0.39 is 23.0 Å². The van der Waals surface area contributed by atoms with E-state index in [1.807, 2.05) is 44.7 Å². The number of carbonyl (C=O) groups is 1. The molecule has 3 fully saturated rings. The van der Waals surface area contributed by atoms with Crippen LogP contribution in [0.3, 0.4) is 0 Å². The monoisotopic (exact) mass is 586 g/mol. The molecule has 0 aliphatic carbocycles. The van der Waals surface area contributed by atoms with E-state index >= 15 is 4.39 Å². The largest absolute Gasteiger partial charge is 0.507 e. The van der Waals surface area contributed by atoms with Gasteiger partial charge < -0.3 is 29.4 Å². The first kappa shape index (κ1) is 27.7. The molecule has 0 unspecified atom stereocenters. The molecule has 0 radical (unpaired) electrons. The molecule has 1 aromatic heterocycles. The zero-order chi connectivity index (χ0) is 29.4. The second kappa shape index (κ2) is 9.55. The summed E-state index contributed by atoms with van der Waals surface area (Å²) in [6.45, 7) is 9.25. The zero-order valence-corrected chi connectivity index (χ0v) is 24.5. The Balaban J connectivity index is 1.35. The van der Waals surface area contributed by atoms with Gasteiger partial charge in [0, 0.05) is 61.7 Å². The van der Waals surface area contributed by atoms with Crippen LogP contribution in [-0.4, -0.2) is 96.0 Å². The normalized spacial score (nSPS) is 18.5. The molecule has 3 aromatic rings. The number of hydrogen-bond donors (Lipinski definition) is 1. The highest BCUT2D eigenvalue weighted by molar-refractivity contribution is 6.34. The van der Waals surface area contributed by atoms with E-state index in [2.05, 4.69) is 9.88 Å². The smallest absolute Gasteiger partial charge is 0.410 e. The van der Waals surface area contributed by atoms with Crippen LogP contribution in [0.5, 0.6) is 5.75 Å². The highest BCUT2D eigenvalue weighted by Gasteiger charge is 2.54. The number of aromatic nitrogens is 2. The van der Waals surface area contributed by atoms with Gasteiger partial charge in [0.2, 0.25) is 5.95 Å². The third-order valence-electron chi connectivity index (χ3n) is 8.02. The molecule has 0 bridgehead atoms. The average molecular weight is 587 g/mol. The van der Waals surface area contributed by atoms with Gasteiger partial charge >= 0.3 is 6.09 Å². The maximum Gasteiger partial charge on any atom is 0.410 e. The Morgan fingerprint density at radius 1 is 1.10 bits per heavy atom. The number of likely N-dealkylation sites (N-methyl/N-ethyl adjacent to an activating group) is 1. The van der Waals surface area contributed by atoms with E-state index in [0.29, 0.717) is 62.5 Å². The van der Waals surface area contributed by atoms with E-state index in [9.17, 15) is 14.3 Å². The number of hydrogen-bond acceptors (Lipinski definition) is 8. The van der Waals surface area contributed by atoms with Crippen LogP contribution in [0, 0.1) is 17.0 Å². The maximum absolute atomic E-state index is 16.3. The van der Waals surface area contributed by atoms with Crippen molar-refractivity contribution < 1.29 is 23.4 Å². The molecule has 1 N–H and O–H groups in total. The van der Waals surface area contributed by atoms with Crippen molar-refractivity contribution in [1.82, 2.24) is 19.8 Å². The molecule has 12 heteroatoms. The lowest BCUT2D eigenvalue weighted by atomic mass is 9.73. The second-order valence-corrected chi connectivity index (χ2v) is 13.0. The van der Waals surface area contributed by atoms with Gasteiger partial charge in [-0.3, -0.25) is 0 Å². The number of aromatic hydroxyl groups is 1. The highest BCUT2D eigenvalue weighted by atomic mass is 35.5. The van der Waals surface area contributed by atoms with Crippen molar-refractivity contribution in [3.05, 3.63) is 40.9 Å². The van der Waals surface area contributed by atoms with E-state index in [0.717, 1.165) is 6.07 Å². The zero-order valence-electron chi connectivity index (χ0n) is 23.7. The Hall–Kier alpha value is -3.44. The molecule has 41 heavy (non-hydrogen) atoms. The molecular weight excluding hydrogens is 554 g/mol. The third-order valence-corrected chi connectivity index (χ3v) is 8.32. The van der Waals surface area contributed by atoms with E-state index in [1.165, 1.54) is 18.2 Å². The van der Waals surface area contributed by atoms with Gasteiger partial charge in [0.05, 0.1) is 10.6 Å². The Morgan fingerprint density at radius 3 is 2.39 bits per heavy atom. The van der Waals surface area contributed by atoms with Crippen LogP contribution in [0.1, 0.15) is 20.8 Å². The Labute approximate surface area is 242 Å². The van der Waals surface area contributed by atoms with Gasteiger partial charge in [-0.1, -0.05) is 17.7 Å². The predicted octanol–water partition coefficient (Wildman–Crippen LogP) is 4.74. The van der Waals surface area contributed by atoms with Crippen molar-refractivity contribution >= 4 is 40.4 Å². The van der Waals surface area contributed by atoms with Crippen LogP contribution >= 0.6 is 11.6 Å². The minimum Gasteiger partial charge on any atom is -0.507 e. The molecule has 6 rings (SSSR count). The molecule has 9 nitrogen and oxygen atoms in total. The third kappa shape index (κ3) is 4.78. The number of anilines is 2. The minimum absolute atomic E-state index is 0.00490. The van der Waals surface area contributed by atoms with Gasteiger partial charge in [-0.15, -0.1) is 0 Å². The van der Waals surface area contributed by atoms with Crippen molar-refractivity contribution in [3.63, 3.8) is 0 Å². The number of ether oxygens (including phenoxy) is 1. The topological polar surface area (TPSA) is 85.3 Å². The number of amides is 1. The summed E-state index contributed by atoms with van der Waals surface area (Å²) in [6, 6.07) is 5.63. The lowest BCUT2D eigenvalue weighted by molar-refractivity contribution is -0.0454. The van der Waals surface area contributed by atoms with Gasteiger partial charge in [-0.2, -0.15) is 4.98 Å². The van der Waals surface area contributed by atoms with Gasteiger partial charge in [-0.25, -0.2) is 18.6 Å². The Bertz CT molecular complexity index is 1520. The number of nitrogens with zero attached hydrogens (tertiary/aromatic N) is 6. The number of rotatable bonds is 4. The summed E-state index contributed by atoms with van der Waals surface area (Å²) in [5.41, 5.74) is -1.21. The van der Waals surface area contributed by atoms with E-state index in [-0.39, 0.29) is 33.2 Å². The van der Waals surface area contributed by atoms with Crippen LogP contribution < -0.4 is 9.80 Å². The number of carbonyl (C=O) groups excluding carboxylic acids is 1. The first-order valence-corrected chi connectivity index (χ1v) is 13.9. The summed E-state index contributed by atoms with van der Waals surface area (Å²) in [4.78, 5) is 29.7. The summed E-state index contributed by atoms with van der Waals surface area (Å²) in [5.74, 6) is -1.12. The predicted molar refractivity (Wildman–Crippen MR) is 154 cm³/mol. The molecule has 4 heterocycles. The second-order valence-electron chi connectivity index (χ2n) is 12.6. The molecule has 3 aliphatic heterocycles. The number of fused-ring (bicyclic) bond motifs is 1. The summed E-state index contributed by atoms with van der Waals surface area (Å²) >= 11 is 6.55. The minimum atomic E-state index is -0.822. The van der Waals surface area contributed by atoms with Crippen molar-refractivity contribution in [3.8, 4) is 16.9 Å². The summed E-state index contributed by atoms with van der Waals surface area (Å²) in [6.07, 6.45) is -0.331. The molecule has 1 amide bonds. The van der Waals surface area contributed by atoms with Crippen LogP contribution in [0.4, 0.5) is 25.3 Å². The van der Waals surface area contributed by atoms with Crippen LogP contribution in [-0.2, 0) is 4.74 Å². The summed E-state index contributed by atoms with van der Waals surface area (Å²) < 4.78 is 36.5. The van der Waals surface area contributed by atoms with Gasteiger partial charge in [-0.05, 0) is 53.1 Å². The lowest BCUT2D eigenvalue weighted by Gasteiger charge is -2.60. The first-order chi connectivity index (χ1) is 19.2. The van der Waals surface area contributed by atoms with Gasteiger partial charge in [0.25, 0.3) is 0 Å². The Morgan fingerprint density at radius 2 is 1.78 bits per heavy atom. The highest BCUT2D eigenvalue weighted by Crippen LogP contribution is 2.47. The SMILES string of the molecule is CN(C)C1CN(c2nc(N3CC4(CN(C(=O)OC(C)(C)C)C4)C3)c3cc(Cl)c(-c4c(O)cccc4F)c(F)c3n2)C1. The summed E-state index contributed by atoms with van der Waals surface area (Å²) in [7, 11) is 4.00. The van der Waals surface area contributed by atoms with E-state index in [4.69, 9.17) is 21.3 Å². The molecule has 0 atom stereocenters. The van der Waals surface area contributed by atoms with Gasteiger partial charge in [0.1, 0.15) is 28.5 Å². The molecule has 3 saturated heterocycles. The number of phenols is 1. The number of benzene rings is 2. The molecule has 0 saturated carbocycles. The quantitative estimate of drug-likeness (QED) is 0.469. The lowest BCUT2D eigenvalue weighted by Crippen LogP contribution is -2.73. The van der Waals surface area contributed by atoms with Crippen molar-refractivity contribution in [2.24, 2.45) is 5.41 Å². The average Bonchev–Trinajstić information content (AvgIpc) is 2.77. The molecule has 1 spiro atoms. The molecule has 218 valence electrons. The Kier molecular flexibility index (Phi) is 6.46. The fourth-order valence-electron chi connectivity index (χ4n) is 5.82. The standard InChI is InChI=1S/C29H33ClF2N6O3/c1-28(2,3)41-27(40)38-14-29(15-38)12-37(13-29)25-17-9-18(30)21(22-19(31)7-6-8-20(22)39)23(32)24(17)33-26(34-25)36-10-16(11-36)35(4)5/h6-9,16,39H,10-15H2,1-5H3. The van der Waals surface area contributed by atoms with Gasteiger partial charge in [0.15, 0.2) is 5.82 Å². The fourth-order valence-corrected chi connectivity index (χ4v) is 6.10. The maximum atomic E-state index is 16.3. The molecule has 2 aromatic carbocycles. The van der Waals surface area contributed by atoms with Crippen LogP contribution in [0.2, 0.25) is 5.02 Å². The molecular formula is C29H33ClF2N6O3. The first-order valence-electron chi connectivity index (χ1n) is 13.6. The summed E-state index contributed by atoms with van der Waals surface area (Å²) in [5, 5.41) is 10.7. The number of phenolic OH excluding ortho intramolecular Hbond substituents is 1. The van der Waals surface area contributed by atoms with E-state index in [1.54, 1.807) is 4.90 Å². The van der Waals surface area contributed by atoms with Crippen molar-refractivity contribution in [2.45, 2.75) is 32.4 Å². The molecule has 3 aliphatic rings.